The number of rotatable bonds is 3. The van der Waals surface area contributed by atoms with Gasteiger partial charge >= 0.3 is 0 Å². The number of H-pyrrole nitrogens is 1. The Morgan fingerprint density at radius 2 is 1.96 bits per heavy atom. The molecule has 0 unspecified atom stereocenters. The molecule has 0 bridgehead atoms. The summed E-state index contributed by atoms with van der Waals surface area (Å²) >= 11 is 0. The number of anilines is 2. The zero-order chi connectivity index (χ0) is 19.2. The van der Waals surface area contributed by atoms with Gasteiger partial charge in [-0.1, -0.05) is 18.2 Å². The van der Waals surface area contributed by atoms with Crippen LogP contribution in [0.15, 0.2) is 52.4 Å². The van der Waals surface area contributed by atoms with Crippen LogP contribution in [0.3, 0.4) is 0 Å². The lowest BCUT2D eigenvalue weighted by atomic mass is 10.1. The standard InChI is InChI=1S/C19H22N4O3S/c1-19(2)12-23(10-11-26-19)14-8-9-21-16-15(14)22-18(20)17(16)27(24,25)13-6-4-3-5-7-13/h3-9,22H,10-12,20H2,1-2H3. The van der Waals surface area contributed by atoms with E-state index in [4.69, 9.17) is 10.5 Å². The summed E-state index contributed by atoms with van der Waals surface area (Å²) < 4.78 is 32.1. The number of pyridine rings is 1. The summed E-state index contributed by atoms with van der Waals surface area (Å²) in [6.07, 6.45) is 1.62. The number of aromatic amines is 1. The summed E-state index contributed by atoms with van der Waals surface area (Å²) in [5.41, 5.74) is 7.68. The van der Waals surface area contributed by atoms with Gasteiger partial charge in [-0.3, -0.25) is 4.98 Å². The first-order valence-electron chi connectivity index (χ1n) is 8.75. The molecule has 3 N–H and O–H groups in total. The molecule has 1 aromatic carbocycles. The Morgan fingerprint density at radius 1 is 1.22 bits per heavy atom. The van der Waals surface area contributed by atoms with Gasteiger partial charge in [0.25, 0.3) is 0 Å². The Morgan fingerprint density at radius 3 is 2.67 bits per heavy atom. The summed E-state index contributed by atoms with van der Waals surface area (Å²) in [6.45, 7) is 6.06. The minimum absolute atomic E-state index is 0.0260. The van der Waals surface area contributed by atoms with E-state index >= 15 is 0 Å². The van der Waals surface area contributed by atoms with Crippen LogP contribution in [0.1, 0.15) is 13.8 Å². The lowest BCUT2D eigenvalue weighted by Crippen LogP contribution is -2.48. The number of ether oxygens (including phenoxy) is 1. The Kier molecular flexibility index (Phi) is 4.12. The second-order valence-electron chi connectivity index (χ2n) is 7.27. The molecule has 2 aromatic heterocycles. The van der Waals surface area contributed by atoms with Crippen molar-refractivity contribution >= 4 is 32.4 Å². The summed E-state index contributed by atoms with van der Waals surface area (Å²) in [6, 6.07) is 10.1. The van der Waals surface area contributed by atoms with Crippen molar-refractivity contribution in [3.05, 3.63) is 42.6 Å². The van der Waals surface area contributed by atoms with Gasteiger partial charge in [0.05, 0.1) is 28.3 Å². The second-order valence-corrected chi connectivity index (χ2v) is 9.15. The maximum absolute atomic E-state index is 13.1. The molecule has 1 aliphatic rings. The molecule has 1 aliphatic heterocycles. The number of benzene rings is 1. The molecule has 8 heteroatoms. The van der Waals surface area contributed by atoms with Gasteiger partial charge in [-0.2, -0.15) is 0 Å². The minimum atomic E-state index is -3.79. The van der Waals surface area contributed by atoms with E-state index in [9.17, 15) is 8.42 Å². The average molecular weight is 386 g/mol. The molecule has 0 aliphatic carbocycles. The van der Waals surface area contributed by atoms with E-state index in [2.05, 4.69) is 14.9 Å². The first kappa shape index (κ1) is 17.8. The van der Waals surface area contributed by atoms with E-state index < -0.39 is 9.84 Å². The minimum Gasteiger partial charge on any atom is -0.384 e. The van der Waals surface area contributed by atoms with Crippen molar-refractivity contribution in [2.24, 2.45) is 0 Å². The molecular formula is C19H22N4O3S. The Balaban J connectivity index is 1.87. The first-order chi connectivity index (χ1) is 12.8. The molecule has 4 rings (SSSR count). The topological polar surface area (TPSA) is 101 Å². The number of sulfone groups is 1. The maximum atomic E-state index is 13.1. The highest BCUT2D eigenvalue weighted by molar-refractivity contribution is 7.92. The molecule has 1 fully saturated rings. The molecule has 142 valence electrons. The number of nitrogens with two attached hydrogens (primary N) is 1. The van der Waals surface area contributed by atoms with Gasteiger partial charge in [0.1, 0.15) is 16.2 Å². The summed E-state index contributed by atoms with van der Waals surface area (Å²) in [4.78, 5) is 9.77. The third kappa shape index (κ3) is 3.04. The van der Waals surface area contributed by atoms with E-state index in [1.54, 1.807) is 36.5 Å². The third-order valence-electron chi connectivity index (χ3n) is 4.74. The van der Waals surface area contributed by atoms with Crippen LogP contribution in [0, 0.1) is 0 Å². The Labute approximate surface area is 158 Å². The SMILES string of the molecule is CC1(C)CN(c2ccnc3c(S(=O)(=O)c4ccccc4)c(N)[nH]c23)CCO1. The number of nitrogens with one attached hydrogen (secondary N) is 1. The van der Waals surface area contributed by atoms with Gasteiger partial charge in [-0.25, -0.2) is 8.42 Å². The average Bonchev–Trinajstić information content (AvgIpc) is 2.98. The van der Waals surface area contributed by atoms with Crippen LogP contribution in [0.5, 0.6) is 0 Å². The van der Waals surface area contributed by atoms with Crippen LogP contribution in [0.2, 0.25) is 0 Å². The molecule has 3 aromatic rings. The zero-order valence-corrected chi connectivity index (χ0v) is 16.1. The number of morpholine rings is 1. The molecule has 0 atom stereocenters. The zero-order valence-electron chi connectivity index (χ0n) is 15.3. The number of aromatic nitrogens is 2. The number of hydrogen-bond donors (Lipinski definition) is 2. The van der Waals surface area contributed by atoms with Crippen molar-refractivity contribution in [2.45, 2.75) is 29.2 Å². The lowest BCUT2D eigenvalue weighted by Gasteiger charge is -2.39. The number of hydrogen-bond acceptors (Lipinski definition) is 6. The van der Waals surface area contributed by atoms with E-state index in [0.717, 1.165) is 5.69 Å². The van der Waals surface area contributed by atoms with E-state index in [0.29, 0.717) is 30.7 Å². The highest BCUT2D eigenvalue weighted by Gasteiger charge is 2.31. The summed E-state index contributed by atoms with van der Waals surface area (Å²) in [7, 11) is -3.79. The largest absolute Gasteiger partial charge is 0.384 e. The predicted octanol–water partition coefficient (Wildman–Crippen LogP) is 2.59. The molecule has 27 heavy (non-hydrogen) atoms. The van der Waals surface area contributed by atoms with Crippen LogP contribution in [-0.2, 0) is 14.6 Å². The van der Waals surface area contributed by atoms with Crippen molar-refractivity contribution in [3.63, 3.8) is 0 Å². The van der Waals surface area contributed by atoms with Crippen molar-refractivity contribution in [2.75, 3.05) is 30.3 Å². The van der Waals surface area contributed by atoms with Crippen molar-refractivity contribution in [3.8, 4) is 0 Å². The van der Waals surface area contributed by atoms with Crippen LogP contribution in [0.25, 0.3) is 11.0 Å². The van der Waals surface area contributed by atoms with Crippen LogP contribution < -0.4 is 10.6 Å². The molecule has 3 heterocycles. The Bertz CT molecular complexity index is 1090. The highest BCUT2D eigenvalue weighted by atomic mass is 32.2. The highest BCUT2D eigenvalue weighted by Crippen LogP contribution is 2.37. The molecule has 0 saturated carbocycles. The number of fused-ring (bicyclic) bond motifs is 1. The predicted molar refractivity (Wildman–Crippen MR) is 105 cm³/mol. The van der Waals surface area contributed by atoms with E-state index in [1.165, 1.54) is 0 Å². The van der Waals surface area contributed by atoms with Crippen molar-refractivity contribution in [1.29, 1.82) is 0 Å². The fourth-order valence-electron chi connectivity index (χ4n) is 3.54. The molecule has 1 saturated heterocycles. The van der Waals surface area contributed by atoms with E-state index in [1.807, 2.05) is 19.9 Å². The van der Waals surface area contributed by atoms with Crippen LogP contribution in [-0.4, -0.2) is 43.7 Å². The monoisotopic (exact) mass is 386 g/mol. The van der Waals surface area contributed by atoms with Gasteiger partial charge in [0.2, 0.25) is 9.84 Å². The quantitative estimate of drug-likeness (QED) is 0.717. The molecular weight excluding hydrogens is 364 g/mol. The Hall–Kier alpha value is -2.58. The van der Waals surface area contributed by atoms with Crippen LogP contribution >= 0.6 is 0 Å². The molecule has 0 radical (unpaired) electrons. The van der Waals surface area contributed by atoms with Crippen LogP contribution in [0.4, 0.5) is 11.5 Å². The molecule has 0 spiro atoms. The smallest absolute Gasteiger partial charge is 0.212 e. The fraction of sp³-hybridized carbons (Fsp3) is 0.316. The molecule has 0 amide bonds. The lowest BCUT2D eigenvalue weighted by molar-refractivity contribution is -0.0276. The van der Waals surface area contributed by atoms with Crippen molar-refractivity contribution < 1.29 is 13.2 Å². The summed E-state index contributed by atoms with van der Waals surface area (Å²) in [5.74, 6) is 0.0984. The summed E-state index contributed by atoms with van der Waals surface area (Å²) in [5, 5.41) is 0. The normalized spacial score (nSPS) is 17.3. The van der Waals surface area contributed by atoms with Crippen molar-refractivity contribution in [1.82, 2.24) is 9.97 Å². The number of nitrogens with zero attached hydrogens (tertiary/aromatic N) is 2. The first-order valence-corrected chi connectivity index (χ1v) is 10.2. The van der Waals surface area contributed by atoms with Gasteiger partial charge in [-0.05, 0) is 32.0 Å². The van der Waals surface area contributed by atoms with Gasteiger partial charge in [0, 0.05) is 19.3 Å². The maximum Gasteiger partial charge on any atom is 0.212 e. The van der Waals surface area contributed by atoms with E-state index in [-0.39, 0.29) is 21.2 Å². The van der Waals surface area contributed by atoms with Gasteiger partial charge in [0.15, 0.2) is 0 Å². The van der Waals surface area contributed by atoms with Gasteiger partial charge < -0.3 is 20.4 Å². The van der Waals surface area contributed by atoms with Gasteiger partial charge in [-0.15, -0.1) is 0 Å². The third-order valence-corrected chi connectivity index (χ3v) is 6.58. The second kappa shape index (κ2) is 6.24. The molecule has 7 nitrogen and oxygen atoms in total. The number of nitrogen functional groups attached to an aromatic ring is 1. The fourth-order valence-corrected chi connectivity index (χ4v) is 5.04.